The molecule has 2 N–H and O–H groups in total. The van der Waals surface area contributed by atoms with Crippen molar-refractivity contribution in [2.75, 3.05) is 13.1 Å². The van der Waals surface area contributed by atoms with E-state index in [9.17, 15) is 4.79 Å². The molecule has 1 aromatic heterocycles. The van der Waals surface area contributed by atoms with Crippen molar-refractivity contribution >= 4 is 12.0 Å². The van der Waals surface area contributed by atoms with Crippen LogP contribution in [-0.4, -0.2) is 38.9 Å². The highest BCUT2D eigenvalue weighted by atomic mass is 16.5. The normalized spacial score (nSPS) is 14.1. The molecule has 0 aliphatic carbocycles. The quantitative estimate of drug-likeness (QED) is 0.377. The summed E-state index contributed by atoms with van der Waals surface area (Å²) in [6.07, 6.45) is 7.00. The predicted octanol–water partition coefficient (Wildman–Crippen LogP) is 3.30. The molecule has 6 heteroatoms. The van der Waals surface area contributed by atoms with Gasteiger partial charge in [0, 0.05) is 31.4 Å². The summed E-state index contributed by atoms with van der Waals surface area (Å²) in [6.45, 7) is 5.08. The minimum Gasteiger partial charge on any atom is -0.298 e. The number of carbonyl (C=O) groups excluding carboxylic acids is 1. The second kappa shape index (κ2) is 9.07. The number of fused-ring (bicyclic) bond motifs is 1. The van der Waals surface area contributed by atoms with E-state index < -0.39 is 5.91 Å². The van der Waals surface area contributed by atoms with E-state index in [0.29, 0.717) is 0 Å². The van der Waals surface area contributed by atoms with E-state index in [1.54, 1.807) is 11.6 Å². The Bertz CT molecular complexity index is 1060. The number of rotatable bonds is 6. The van der Waals surface area contributed by atoms with Gasteiger partial charge in [-0.25, -0.2) is 10.2 Å². The Hall–Kier alpha value is -3.22. The van der Waals surface area contributed by atoms with Crippen molar-refractivity contribution < 1.29 is 10.0 Å². The Kier molecular flexibility index (Phi) is 6.07. The largest absolute Gasteiger partial charge is 0.298 e. The number of hydrogen-bond donors (Lipinski definition) is 2. The third kappa shape index (κ3) is 4.50. The van der Waals surface area contributed by atoms with Crippen molar-refractivity contribution in [3.8, 4) is 5.69 Å². The Morgan fingerprint density at radius 3 is 2.83 bits per heavy atom. The number of nitrogens with zero attached hydrogens (tertiary/aromatic N) is 3. The lowest BCUT2D eigenvalue weighted by Crippen LogP contribution is -2.32. The van der Waals surface area contributed by atoms with Crippen LogP contribution in [-0.2, 0) is 24.2 Å². The molecule has 1 amide bonds. The summed E-state index contributed by atoms with van der Waals surface area (Å²) in [4.78, 5) is 13.6. The zero-order valence-electron chi connectivity index (χ0n) is 17.1. The van der Waals surface area contributed by atoms with E-state index in [0.717, 1.165) is 43.7 Å². The SMILES string of the molecule is Cc1c(CCN2CCc3cc(/C=C/C(=O)NO)ccc3C2)cnn1-c1ccccc1. The van der Waals surface area contributed by atoms with Crippen LogP contribution in [0, 0.1) is 6.92 Å². The zero-order valence-corrected chi connectivity index (χ0v) is 17.1. The molecule has 0 radical (unpaired) electrons. The summed E-state index contributed by atoms with van der Waals surface area (Å²) in [5, 5.41) is 13.2. The number of amides is 1. The summed E-state index contributed by atoms with van der Waals surface area (Å²) in [6, 6.07) is 16.5. The van der Waals surface area contributed by atoms with Gasteiger partial charge in [-0.2, -0.15) is 5.10 Å². The Morgan fingerprint density at radius 1 is 1.20 bits per heavy atom. The second-order valence-electron chi connectivity index (χ2n) is 7.62. The van der Waals surface area contributed by atoms with E-state index in [4.69, 9.17) is 5.21 Å². The average molecular weight is 402 g/mol. The van der Waals surface area contributed by atoms with Gasteiger partial charge >= 0.3 is 0 Å². The van der Waals surface area contributed by atoms with Crippen LogP contribution in [0.15, 0.2) is 60.8 Å². The number of carbonyl (C=O) groups is 1. The van der Waals surface area contributed by atoms with Gasteiger partial charge in [0.2, 0.25) is 0 Å². The van der Waals surface area contributed by atoms with Gasteiger partial charge in [0.05, 0.1) is 11.9 Å². The number of hydrogen-bond acceptors (Lipinski definition) is 4. The van der Waals surface area contributed by atoms with E-state index in [-0.39, 0.29) is 0 Å². The highest BCUT2D eigenvalue weighted by Gasteiger charge is 2.17. The second-order valence-corrected chi connectivity index (χ2v) is 7.62. The van der Waals surface area contributed by atoms with Crippen LogP contribution in [0.4, 0.5) is 0 Å². The minimum atomic E-state index is -0.523. The van der Waals surface area contributed by atoms with Gasteiger partial charge in [-0.1, -0.05) is 36.4 Å². The number of nitrogens with one attached hydrogen (secondary N) is 1. The Labute approximate surface area is 176 Å². The molecule has 0 bridgehead atoms. The van der Waals surface area contributed by atoms with Gasteiger partial charge in [0.25, 0.3) is 5.91 Å². The van der Waals surface area contributed by atoms with Crippen molar-refractivity contribution in [3.05, 3.63) is 88.8 Å². The first-order valence-electron chi connectivity index (χ1n) is 10.2. The average Bonchev–Trinajstić information content (AvgIpc) is 3.16. The number of aromatic nitrogens is 2. The Morgan fingerprint density at radius 2 is 2.03 bits per heavy atom. The van der Waals surface area contributed by atoms with Crippen molar-refractivity contribution in [3.63, 3.8) is 0 Å². The lowest BCUT2D eigenvalue weighted by molar-refractivity contribution is -0.124. The monoisotopic (exact) mass is 402 g/mol. The maximum Gasteiger partial charge on any atom is 0.267 e. The fourth-order valence-electron chi connectivity index (χ4n) is 3.93. The molecule has 30 heavy (non-hydrogen) atoms. The Balaban J connectivity index is 1.38. The third-order valence-corrected chi connectivity index (χ3v) is 5.67. The summed E-state index contributed by atoms with van der Waals surface area (Å²) in [5.41, 5.74) is 8.81. The first-order valence-corrected chi connectivity index (χ1v) is 10.2. The van der Waals surface area contributed by atoms with Crippen molar-refractivity contribution in [2.24, 2.45) is 0 Å². The van der Waals surface area contributed by atoms with Gasteiger partial charge in [0.15, 0.2) is 0 Å². The van der Waals surface area contributed by atoms with E-state index in [2.05, 4.69) is 41.2 Å². The molecule has 2 heterocycles. The van der Waals surface area contributed by atoms with Crippen LogP contribution < -0.4 is 5.48 Å². The van der Waals surface area contributed by atoms with E-state index in [1.165, 1.54) is 28.5 Å². The molecular formula is C24H26N4O2. The molecule has 0 spiro atoms. The summed E-state index contributed by atoms with van der Waals surface area (Å²) < 4.78 is 2.01. The van der Waals surface area contributed by atoms with Gasteiger partial charge in [-0.15, -0.1) is 0 Å². The first-order chi connectivity index (χ1) is 14.6. The van der Waals surface area contributed by atoms with Crippen LogP contribution in [0.5, 0.6) is 0 Å². The van der Waals surface area contributed by atoms with Gasteiger partial charge in [-0.3, -0.25) is 14.9 Å². The standard InChI is InChI=1S/C24H26N4O2/c1-18-21(16-25-28(18)23-5-3-2-4-6-23)12-14-27-13-11-20-15-19(7-9-22(20)17-27)8-10-24(29)26-30/h2-10,15-16,30H,11-14,17H2,1H3,(H,26,29)/b10-8+. The van der Waals surface area contributed by atoms with Gasteiger partial charge < -0.3 is 0 Å². The molecule has 6 nitrogen and oxygen atoms in total. The molecule has 1 aliphatic heterocycles. The topological polar surface area (TPSA) is 70.4 Å². The summed E-state index contributed by atoms with van der Waals surface area (Å²) in [7, 11) is 0. The number of para-hydroxylation sites is 1. The van der Waals surface area contributed by atoms with Gasteiger partial charge in [-0.05, 0) is 60.2 Å². The molecule has 154 valence electrons. The maximum absolute atomic E-state index is 11.2. The third-order valence-electron chi connectivity index (χ3n) is 5.67. The lowest BCUT2D eigenvalue weighted by Gasteiger charge is -2.29. The van der Waals surface area contributed by atoms with E-state index >= 15 is 0 Å². The molecule has 1 aliphatic rings. The molecule has 0 saturated carbocycles. The fourth-order valence-corrected chi connectivity index (χ4v) is 3.93. The van der Waals surface area contributed by atoms with Gasteiger partial charge in [0.1, 0.15) is 0 Å². The maximum atomic E-state index is 11.2. The molecule has 4 rings (SSSR count). The number of hydroxylamine groups is 1. The van der Waals surface area contributed by atoms with E-state index in [1.807, 2.05) is 35.1 Å². The van der Waals surface area contributed by atoms with Crippen LogP contribution in [0.1, 0.15) is 27.9 Å². The lowest BCUT2D eigenvalue weighted by atomic mass is 9.97. The first kappa shape index (κ1) is 20.1. The fraction of sp³-hybridized carbons (Fsp3) is 0.250. The predicted molar refractivity (Wildman–Crippen MR) is 116 cm³/mol. The summed E-state index contributed by atoms with van der Waals surface area (Å²) >= 11 is 0. The molecule has 2 aromatic carbocycles. The highest BCUT2D eigenvalue weighted by Crippen LogP contribution is 2.22. The van der Waals surface area contributed by atoms with Crippen molar-refractivity contribution in [2.45, 2.75) is 26.3 Å². The van der Waals surface area contributed by atoms with Crippen LogP contribution in [0.3, 0.4) is 0 Å². The van der Waals surface area contributed by atoms with Crippen molar-refractivity contribution in [1.29, 1.82) is 0 Å². The summed E-state index contributed by atoms with van der Waals surface area (Å²) in [5.74, 6) is -0.523. The molecular weight excluding hydrogens is 376 g/mol. The van der Waals surface area contributed by atoms with Crippen molar-refractivity contribution in [1.82, 2.24) is 20.2 Å². The number of benzene rings is 2. The molecule has 0 saturated heterocycles. The van der Waals surface area contributed by atoms with Crippen LogP contribution >= 0.6 is 0 Å². The van der Waals surface area contributed by atoms with Crippen LogP contribution in [0.25, 0.3) is 11.8 Å². The van der Waals surface area contributed by atoms with Crippen LogP contribution in [0.2, 0.25) is 0 Å². The molecule has 0 fully saturated rings. The molecule has 0 atom stereocenters. The zero-order chi connectivity index (χ0) is 20.9. The molecule has 0 unspecified atom stereocenters. The molecule has 3 aromatic rings. The highest BCUT2D eigenvalue weighted by molar-refractivity contribution is 5.90. The minimum absolute atomic E-state index is 0.523. The smallest absolute Gasteiger partial charge is 0.267 e.